The number of carbonyl (C=O) groups excluding carboxylic acids is 2. The predicted octanol–water partition coefficient (Wildman–Crippen LogP) is -2.36. The van der Waals surface area contributed by atoms with Gasteiger partial charge in [0.1, 0.15) is 0 Å². The summed E-state index contributed by atoms with van der Waals surface area (Å²) in [5.74, 6) is 0. The van der Waals surface area contributed by atoms with E-state index in [-0.39, 0.29) is 23.1 Å². The molecule has 0 bridgehead atoms. The monoisotopic (exact) mass is 112 g/mol. The zero-order valence-electron chi connectivity index (χ0n) is 3.68. The van der Waals surface area contributed by atoms with Crippen LogP contribution in [0.25, 0.3) is 0 Å². The molecule has 36 valence electrons. The van der Waals surface area contributed by atoms with Gasteiger partial charge in [-0.05, 0) is 0 Å². The van der Waals surface area contributed by atoms with Crippen LogP contribution >= 0.6 is 0 Å². The van der Waals surface area contributed by atoms with Crippen LogP contribution in [0, 0.1) is 0 Å². The van der Waals surface area contributed by atoms with E-state index in [9.17, 15) is 0 Å². The molecule has 2 amide bonds. The van der Waals surface area contributed by atoms with Gasteiger partial charge in [0.25, 0.3) is 0 Å². The Bertz CT molecular complexity index is 34.7. The smallest absolute Gasteiger partial charge is 0.543 e. The summed E-state index contributed by atoms with van der Waals surface area (Å²) in [6, 6.07) is 0. The molecular weight excluding hydrogens is 108 g/mol. The Morgan fingerprint density at radius 3 is 1.00 bits per heavy atom. The van der Waals surface area contributed by atoms with Gasteiger partial charge in [-0.25, -0.2) is 0 Å². The number of amides is 2. The average Bonchev–Trinajstić information content (AvgIpc) is 1.39. The summed E-state index contributed by atoms with van der Waals surface area (Å²) >= 11 is 0. The maximum absolute atomic E-state index is 8.46. The molecule has 4 nitrogen and oxygen atoms in total. The van der Waals surface area contributed by atoms with Crippen LogP contribution in [0.15, 0.2) is 0 Å². The first kappa shape index (κ1) is 15.9. The molecule has 0 heterocycles. The van der Waals surface area contributed by atoms with E-state index in [4.69, 9.17) is 9.59 Å². The van der Waals surface area contributed by atoms with Crippen molar-refractivity contribution in [1.29, 1.82) is 0 Å². The number of rotatable bonds is 0. The largest absolute Gasteiger partial charge is 2.00 e. The molecule has 0 radical (unpaired) electrons. The summed E-state index contributed by atoms with van der Waals surface area (Å²) in [5, 5.41) is 0. The maximum atomic E-state index is 8.46. The average molecular weight is 112 g/mol. The third-order valence-corrected chi connectivity index (χ3v) is 0. The molecule has 0 aromatic heterocycles. The Hall–Kier alpha value is -0.294. The Kier molecular flexibility index (Phi) is 98.6. The molecule has 7 heavy (non-hydrogen) atoms. The Morgan fingerprint density at radius 1 is 1.00 bits per heavy atom. The normalized spacial score (nSPS) is 3.43. The van der Waals surface area contributed by atoms with Gasteiger partial charge in [0.15, 0.2) is 0 Å². The van der Waals surface area contributed by atoms with Gasteiger partial charge in [-0.2, -0.15) is 12.8 Å². The minimum atomic E-state index is 0. The SMILES string of the molecule is N[C-]=O.N[C-]=O.[Mg+2]. The fourth-order valence-corrected chi connectivity index (χ4v) is 0. The van der Waals surface area contributed by atoms with Crippen molar-refractivity contribution in [2.24, 2.45) is 11.5 Å². The summed E-state index contributed by atoms with van der Waals surface area (Å²) in [5.41, 5.74) is 8.08. The first-order valence-corrected chi connectivity index (χ1v) is 0.986. The van der Waals surface area contributed by atoms with Crippen molar-refractivity contribution >= 4 is 35.9 Å². The van der Waals surface area contributed by atoms with Crippen molar-refractivity contribution in [2.45, 2.75) is 0 Å². The Balaban J connectivity index is -0.0000000400. The van der Waals surface area contributed by atoms with Crippen molar-refractivity contribution in [3.63, 3.8) is 0 Å². The van der Waals surface area contributed by atoms with Crippen molar-refractivity contribution in [2.75, 3.05) is 0 Å². The van der Waals surface area contributed by atoms with Crippen LogP contribution in [-0.4, -0.2) is 35.9 Å². The molecule has 5 heteroatoms. The summed E-state index contributed by atoms with van der Waals surface area (Å²) in [6.45, 7) is 0. The van der Waals surface area contributed by atoms with E-state index in [1.165, 1.54) is 0 Å². The molecule has 0 aromatic carbocycles. The third-order valence-electron chi connectivity index (χ3n) is 0. The van der Waals surface area contributed by atoms with E-state index in [2.05, 4.69) is 11.5 Å². The molecule has 0 rings (SSSR count). The summed E-state index contributed by atoms with van der Waals surface area (Å²) < 4.78 is 0. The fourth-order valence-electron chi connectivity index (χ4n) is 0. The van der Waals surface area contributed by atoms with E-state index in [1.807, 2.05) is 0 Å². The predicted molar refractivity (Wildman–Crippen MR) is 25.5 cm³/mol. The second kappa shape index (κ2) is 43.4. The molecule has 0 atom stereocenters. The quantitative estimate of drug-likeness (QED) is 0.209. The summed E-state index contributed by atoms with van der Waals surface area (Å²) in [7, 11) is 0. The van der Waals surface area contributed by atoms with E-state index in [1.54, 1.807) is 0 Å². The number of primary amides is 2. The second-order valence-electron chi connectivity index (χ2n) is 0.236. The van der Waals surface area contributed by atoms with Crippen molar-refractivity contribution in [1.82, 2.24) is 0 Å². The standard InChI is InChI=1S/2CH2NO.Mg/c2*2-1-3;/h2*(H2,2,3);/q2*-1;+2. The fraction of sp³-hybridized carbons (Fsp3) is 0. The Labute approximate surface area is 57.4 Å². The maximum Gasteiger partial charge on any atom is 2.00 e. The van der Waals surface area contributed by atoms with Crippen molar-refractivity contribution in [3.8, 4) is 0 Å². The van der Waals surface area contributed by atoms with Gasteiger partial charge in [0.05, 0.1) is 0 Å². The summed E-state index contributed by atoms with van der Waals surface area (Å²) in [4.78, 5) is 16.9. The minimum absolute atomic E-state index is 0. The summed E-state index contributed by atoms with van der Waals surface area (Å²) in [6.07, 6.45) is 2.00. The van der Waals surface area contributed by atoms with Gasteiger partial charge < -0.3 is 21.1 Å². The van der Waals surface area contributed by atoms with Crippen molar-refractivity contribution in [3.05, 3.63) is 0 Å². The second-order valence-corrected chi connectivity index (χ2v) is 0.236. The van der Waals surface area contributed by atoms with Gasteiger partial charge in [-0.1, -0.05) is 0 Å². The van der Waals surface area contributed by atoms with Crippen LogP contribution < -0.4 is 11.5 Å². The molecule has 0 aliphatic rings. The Morgan fingerprint density at radius 2 is 1.00 bits per heavy atom. The van der Waals surface area contributed by atoms with Crippen molar-refractivity contribution < 1.29 is 9.59 Å². The molecule has 0 aromatic rings. The van der Waals surface area contributed by atoms with Gasteiger partial charge in [0, 0.05) is 0 Å². The van der Waals surface area contributed by atoms with E-state index in [0.717, 1.165) is 12.8 Å². The minimum Gasteiger partial charge on any atom is -0.543 e. The zero-order chi connectivity index (χ0) is 5.41. The molecule has 0 saturated heterocycles. The van der Waals surface area contributed by atoms with Crippen LogP contribution in [-0.2, 0) is 9.59 Å². The first-order chi connectivity index (χ1) is 2.83. The van der Waals surface area contributed by atoms with Gasteiger partial charge in [-0.15, -0.1) is 0 Å². The number of nitrogens with two attached hydrogens (primary N) is 2. The molecule has 0 spiro atoms. The van der Waals surface area contributed by atoms with Crippen LogP contribution in [0.1, 0.15) is 0 Å². The molecular formula is C2H4MgN2O2. The molecule has 0 aliphatic carbocycles. The van der Waals surface area contributed by atoms with Crippen LogP contribution in [0.3, 0.4) is 0 Å². The molecule has 4 N–H and O–H groups in total. The van der Waals surface area contributed by atoms with E-state index in [0.29, 0.717) is 0 Å². The zero-order valence-corrected chi connectivity index (χ0v) is 5.09. The van der Waals surface area contributed by atoms with Crippen LogP contribution in [0.5, 0.6) is 0 Å². The van der Waals surface area contributed by atoms with Gasteiger partial charge >= 0.3 is 23.1 Å². The topological polar surface area (TPSA) is 86.2 Å². The molecule has 0 fully saturated rings. The molecule has 0 aliphatic heterocycles. The van der Waals surface area contributed by atoms with Gasteiger partial charge in [0.2, 0.25) is 0 Å². The van der Waals surface area contributed by atoms with Crippen LogP contribution in [0.4, 0.5) is 0 Å². The van der Waals surface area contributed by atoms with E-state index >= 15 is 0 Å². The van der Waals surface area contributed by atoms with E-state index < -0.39 is 0 Å². The number of hydrogen-bond acceptors (Lipinski definition) is 2. The first-order valence-electron chi connectivity index (χ1n) is 0.986. The molecule has 0 unspecified atom stereocenters. The van der Waals surface area contributed by atoms with Gasteiger partial charge in [-0.3, -0.25) is 0 Å². The number of hydrogen-bond donors (Lipinski definition) is 2. The third kappa shape index (κ3) is 908. The van der Waals surface area contributed by atoms with Crippen LogP contribution in [0.2, 0.25) is 0 Å². The molecule has 0 saturated carbocycles.